The van der Waals surface area contributed by atoms with E-state index < -0.39 is 5.97 Å². The van der Waals surface area contributed by atoms with E-state index in [2.05, 4.69) is 27.4 Å². The number of fused-ring (bicyclic) bond motifs is 5. The third-order valence-corrected chi connectivity index (χ3v) is 10.6. The van der Waals surface area contributed by atoms with Crippen molar-refractivity contribution in [1.82, 2.24) is 0 Å². The van der Waals surface area contributed by atoms with Gasteiger partial charge in [0.1, 0.15) is 0 Å². The highest BCUT2D eigenvalue weighted by atomic mass is 16.5. The molecule has 0 aromatic carbocycles. The highest BCUT2D eigenvalue weighted by Crippen LogP contribution is 2.68. The van der Waals surface area contributed by atoms with Gasteiger partial charge in [-0.15, -0.1) is 6.58 Å². The van der Waals surface area contributed by atoms with E-state index in [1.165, 1.54) is 57.8 Å². The summed E-state index contributed by atoms with van der Waals surface area (Å²) in [5.74, 6) is 4.10. The van der Waals surface area contributed by atoms with Crippen molar-refractivity contribution in [3.63, 3.8) is 0 Å². The third kappa shape index (κ3) is 3.78. The van der Waals surface area contributed by atoms with Crippen LogP contribution in [0.1, 0.15) is 91.4 Å². The molecule has 30 heavy (non-hydrogen) atoms. The molecule has 0 bridgehead atoms. The number of hydrogen-bond acceptors (Lipinski definition) is 2. The van der Waals surface area contributed by atoms with Crippen LogP contribution in [0.25, 0.3) is 0 Å². The molecule has 0 radical (unpaired) electrons. The highest BCUT2D eigenvalue weighted by molar-refractivity contribution is 5.66. The maximum atomic E-state index is 11.1. The second-order valence-corrected chi connectivity index (χ2v) is 11.8. The Morgan fingerprint density at radius 3 is 2.57 bits per heavy atom. The molecule has 0 saturated heterocycles. The zero-order valence-electron chi connectivity index (χ0n) is 19.6. The average molecular weight is 417 g/mol. The predicted molar refractivity (Wildman–Crippen MR) is 121 cm³/mol. The van der Waals surface area contributed by atoms with Crippen molar-refractivity contribution in [3.05, 3.63) is 12.7 Å². The molecule has 0 aliphatic heterocycles. The molecule has 3 heteroatoms. The second-order valence-electron chi connectivity index (χ2n) is 11.8. The molecule has 0 aromatic heterocycles. The number of carboxylic acid groups (broad SMARTS) is 1. The van der Waals surface area contributed by atoms with Gasteiger partial charge in [0.05, 0.1) is 12.7 Å². The number of rotatable bonds is 7. The van der Waals surface area contributed by atoms with E-state index in [-0.39, 0.29) is 0 Å². The number of aliphatic carboxylic acids is 1. The van der Waals surface area contributed by atoms with Crippen LogP contribution in [0.4, 0.5) is 0 Å². The second kappa shape index (κ2) is 8.60. The summed E-state index contributed by atoms with van der Waals surface area (Å²) in [5, 5.41) is 9.15. The summed E-state index contributed by atoms with van der Waals surface area (Å²) in [6.45, 7) is 12.1. The lowest BCUT2D eigenvalue weighted by molar-refractivity contribution is -0.139. The third-order valence-electron chi connectivity index (χ3n) is 10.6. The standard InChI is InChI=1S/C27H44O3/c1-5-16-30-20-12-14-26(3)19(17-20)7-8-21-23-10-9-22(18(2)6-11-25(28)29)27(23,4)15-13-24(21)26/h5,18-24H,1,6-17H2,2-4H3,(H,28,29)/t18-,19-,20+,21+,22-,23+,24+,26+,27-/m1/s1. The number of carboxylic acids is 1. The van der Waals surface area contributed by atoms with E-state index >= 15 is 0 Å². The van der Waals surface area contributed by atoms with E-state index in [0.717, 1.165) is 36.0 Å². The first-order chi connectivity index (χ1) is 14.3. The average Bonchev–Trinajstić information content (AvgIpc) is 3.07. The molecular weight excluding hydrogens is 372 g/mol. The van der Waals surface area contributed by atoms with Crippen molar-refractivity contribution in [2.24, 2.45) is 46.3 Å². The predicted octanol–water partition coefficient (Wildman–Crippen LogP) is 6.72. The van der Waals surface area contributed by atoms with Crippen LogP contribution in [-0.2, 0) is 9.53 Å². The summed E-state index contributed by atoms with van der Waals surface area (Å²) in [4.78, 5) is 11.1. The Labute approximate surface area is 184 Å². The van der Waals surface area contributed by atoms with Crippen LogP contribution in [0.2, 0.25) is 0 Å². The molecule has 1 N–H and O–H groups in total. The smallest absolute Gasteiger partial charge is 0.303 e. The van der Waals surface area contributed by atoms with Gasteiger partial charge in [0, 0.05) is 6.42 Å². The molecule has 3 nitrogen and oxygen atoms in total. The zero-order chi connectivity index (χ0) is 21.5. The lowest BCUT2D eigenvalue weighted by Crippen LogP contribution is -2.54. The molecule has 4 aliphatic rings. The normalized spacial score (nSPS) is 46.4. The zero-order valence-corrected chi connectivity index (χ0v) is 19.6. The minimum atomic E-state index is -0.635. The molecule has 4 fully saturated rings. The van der Waals surface area contributed by atoms with Crippen LogP contribution in [0.5, 0.6) is 0 Å². The first-order valence-electron chi connectivity index (χ1n) is 12.7. The number of ether oxygens (including phenoxy) is 1. The van der Waals surface area contributed by atoms with Gasteiger partial charge < -0.3 is 9.84 Å². The fraction of sp³-hybridized carbons (Fsp3) is 0.889. The van der Waals surface area contributed by atoms with Gasteiger partial charge in [-0.2, -0.15) is 0 Å². The molecular formula is C27H44O3. The van der Waals surface area contributed by atoms with Crippen LogP contribution in [-0.4, -0.2) is 23.8 Å². The van der Waals surface area contributed by atoms with Crippen molar-refractivity contribution >= 4 is 5.97 Å². The summed E-state index contributed by atoms with van der Waals surface area (Å²) in [6, 6.07) is 0. The lowest BCUT2D eigenvalue weighted by Gasteiger charge is -2.61. The van der Waals surface area contributed by atoms with Crippen LogP contribution < -0.4 is 0 Å². The molecule has 9 atom stereocenters. The largest absolute Gasteiger partial charge is 0.481 e. The quantitative estimate of drug-likeness (QED) is 0.469. The molecule has 4 rings (SSSR count). The van der Waals surface area contributed by atoms with Gasteiger partial charge in [-0.3, -0.25) is 4.79 Å². The van der Waals surface area contributed by atoms with Gasteiger partial charge in [-0.1, -0.05) is 26.8 Å². The minimum absolute atomic E-state index is 0.333. The summed E-state index contributed by atoms with van der Waals surface area (Å²) in [6.07, 6.45) is 15.6. The topological polar surface area (TPSA) is 46.5 Å². The summed E-state index contributed by atoms with van der Waals surface area (Å²) >= 11 is 0. The Kier molecular flexibility index (Phi) is 6.41. The Balaban J connectivity index is 1.46. The van der Waals surface area contributed by atoms with Crippen molar-refractivity contribution in [1.29, 1.82) is 0 Å². The highest BCUT2D eigenvalue weighted by Gasteiger charge is 2.60. The van der Waals surface area contributed by atoms with E-state index in [0.29, 0.717) is 35.9 Å². The van der Waals surface area contributed by atoms with Gasteiger partial charge in [0.2, 0.25) is 0 Å². The summed E-state index contributed by atoms with van der Waals surface area (Å²) in [7, 11) is 0. The van der Waals surface area contributed by atoms with Crippen molar-refractivity contribution in [3.8, 4) is 0 Å². The maximum absolute atomic E-state index is 11.1. The van der Waals surface area contributed by atoms with Gasteiger partial charge in [-0.05, 0) is 111 Å². The summed E-state index contributed by atoms with van der Waals surface area (Å²) in [5.41, 5.74) is 0.942. The van der Waals surface area contributed by atoms with Crippen LogP contribution in [0.15, 0.2) is 12.7 Å². The van der Waals surface area contributed by atoms with Crippen molar-refractivity contribution < 1.29 is 14.6 Å². The Morgan fingerprint density at radius 2 is 1.83 bits per heavy atom. The Hall–Kier alpha value is -0.830. The SMILES string of the molecule is C=CCO[C@H]1CC[C@@]2(C)[C@H](CC[C@@H]3[C@@H]2CC[C@]2(C)[C@@H]([C@H](C)CCC(=O)O)CC[C@@H]32)C1. The van der Waals surface area contributed by atoms with Crippen molar-refractivity contribution in [2.75, 3.05) is 6.61 Å². The Morgan fingerprint density at radius 1 is 1.10 bits per heavy atom. The molecule has 4 saturated carbocycles. The molecule has 4 aliphatic carbocycles. The first kappa shape index (κ1) is 22.4. The molecule has 0 spiro atoms. The number of hydrogen-bond donors (Lipinski definition) is 1. The number of carbonyl (C=O) groups is 1. The minimum Gasteiger partial charge on any atom is -0.481 e. The maximum Gasteiger partial charge on any atom is 0.303 e. The summed E-state index contributed by atoms with van der Waals surface area (Å²) < 4.78 is 6.07. The van der Waals surface area contributed by atoms with Gasteiger partial charge >= 0.3 is 5.97 Å². The monoisotopic (exact) mass is 416 g/mol. The fourth-order valence-corrected chi connectivity index (χ4v) is 9.10. The van der Waals surface area contributed by atoms with E-state index in [1.807, 2.05) is 6.08 Å². The molecule has 0 aromatic rings. The van der Waals surface area contributed by atoms with Crippen molar-refractivity contribution in [2.45, 2.75) is 97.5 Å². The van der Waals surface area contributed by atoms with Crippen LogP contribution >= 0.6 is 0 Å². The molecule has 0 amide bonds. The van der Waals surface area contributed by atoms with E-state index in [4.69, 9.17) is 9.84 Å². The van der Waals surface area contributed by atoms with E-state index in [1.54, 1.807) is 0 Å². The van der Waals surface area contributed by atoms with E-state index in [9.17, 15) is 4.79 Å². The molecule has 170 valence electrons. The van der Waals surface area contributed by atoms with Crippen LogP contribution in [0, 0.1) is 46.3 Å². The Bertz CT molecular complexity index is 644. The van der Waals surface area contributed by atoms with Gasteiger partial charge in [0.15, 0.2) is 0 Å². The van der Waals surface area contributed by atoms with Gasteiger partial charge in [-0.25, -0.2) is 0 Å². The fourth-order valence-electron chi connectivity index (χ4n) is 9.10. The van der Waals surface area contributed by atoms with Gasteiger partial charge in [0.25, 0.3) is 0 Å². The van der Waals surface area contributed by atoms with Crippen LogP contribution in [0.3, 0.4) is 0 Å². The molecule has 0 heterocycles. The lowest BCUT2D eigenvalue weighted by atomic mass is 9.44. The molecule has 0 unspecified atom stereocenters. The first-order valence-corrected chi connectivity index (χ1v) is 12.7.